The normalized spacial score (nSPS) is 10.9. The molecule has 2 aromatic heterocycles. The van der Waals surface area contributed by atoms with E-state index in [1.54, 1.807) is 13.3 Å². The molecule has 0 saturated carbocycles. The lowest BCUT2D eigenvalue weighted by atomic mass is 10.2. The van der Waals surface area contributed by atoms with Crippen molar-refractivity contribution in [3.8, 4) is 5.75 Å². The molecule has 0 bridgehead atoms. The van der Waals surface area contributed by atoms with Gasteiger partial charge in [-0.1, -0.05) is 0 Å². The lowest BCUT2D eigenvalue weighted by Gasteiger charge is -2.08. The minimum absolute atomic E-state index is 0.0829. The highest BCUT2D eigenvalue weighted by Crippen LogP contribution is 2.23. The van der Waals surface area contributed by atoms with Crippen LogP contribution in [0.3, 0.4) is 0 Å². The molecule has 6 nitrogen and oxygen atoms in total. The monoisotopic (exact) mass is 312 g/mol. The molecular formula is C17H20N4O2. The number of hydrogen-bond acceptors (Lipinski definition) is 3. The van der Waals surface area contributed by atoms with Crippen LogP contribution >= 0.6 is 0 Å². The lowest BCUT2D eigenvalue weighted by molar-refractivity contribution is 0.0944. The van der Waals surface area contributed by atoms with Crippen molar-refractivity contribution in [2.24, 2.45) is 7.05 Å². The fourth-order valence-corrected chi connectivity index (χ4v) is 2.68. The molecule has 3 rings (SSSR count). The summed E-state index contributed by atoms with van der Waals surface area (Å²) in [6.07, 6.45) is 3.67. The van der Waals surface area contributed by atoms with Gasteiger partial charge in [0.1, 0.15) is 17.3 Å². The van der Waals surface area contributed by atoms with Crippen LogP contribution in [0.5, 0.6) is 5.75 Å². The van der Waals surface area contributed by atoms with Crippen LogP contribution < -0.4 is 10.1 Å². The third-order valence-corrected chi connectivity index (χ3v) is 4.05. The van der Waals surface area contributed by atoms with Gasteiger partial charge in [-0.15, -0.1) is 0 Å². The summed E-state index contributed by atoms with van der Waals surface area (Å²) in [4.78, 5) is 16.6. The molecule has 23 heavy (non-hydrogen) atoms. The molecule has 6 heteroatoms. The zero-order valence-corrected chi connectivity index (χ0v) is 13.5. The number of benzene rings is 1. The first-order chi connectivity index (χ1) is 11.1. The molecular weight excluding hydrogens is 292 g/mol. The zero-order chi connectivity index (χ0) is 16.4. The molecule has 3 aromatic rings. The first-order valence-electron chi connectivity index (χ1n) is 7.49. The van der Waals surface area contributed by atoms with Gasteiger partial charge in [0, 0.05) is 44.0 Å². The van der Waals surface area contributed by atoms with Crippen LogP contribution in [0.2, 0.25) is 0 Å². The van der Waals surface area contributed by atoms with E-state index in [2.05, 4.69) is 10.3 Å². The van der Waals surface area contributed by atoms with Gasteiger partial charge in [-0.3, -0.25) is 4.79 Å². The Hall–Kier alpha value is -2.76. The highest BCUT2D eigenvalue weighted by Gasteiger charge is 2.13. The summed E-state index contributed by atoms with van der Waals surface area (Å²) in [6, 6.07) is 7.68. The van der Waals surface area contributed by atoms with E-state index in [1.165, 1.54) is 0 Å². The van der Waals surface area contributed by atoms with Gasteiger partial charge in [0.15, 0.2) is 0 Å². The van der Waals surface area contributed by atoms with Crippen molar-refractivity contribution in [3.63, 3.8) is 0 Å². The van der Waals surface area contributed by atoms with E-state index in [-0.39, 0.29) is 5.91 Å². The molecule has 0 atom stereocenters. The highest BCUT2D eigenvalue weighted by molar-refractivity contribution is 5.98. The second kappa shape index (κ2) is 6.16. The minimum atomic E-state index is -0.0829. The van der Waals surface area contributed by atoms with Crippen molar-refractivity contribution in [1.29, 1.82) is 0 Å². The second-order valence-electron chi connectivity index (χ2n) is 5.44. The Balaban J connectivity index is 1.73. The molecule has 0 spiro atoms. The number of imidazole rings is 1. The van der Waals surface area contributed by atoms with Crippen molar-refractivity contribution in [2.45, 2.75) is 13.5 Å². The average molecular weight is 312 g/mol. The van der Waals surface area contributed by atoms with E-state index >= 15 is 0 Å². The van der Waals surface area contributed by atoms with E-state index in [0.717, 1.165) is 22.5 Å². The summed E-state index contributed by atoms with van der Waals surface area (Å²) in [5.41, 5.74) is 1.61. The standard InChI is InChI=1S/C17H20N4O2/c1-12-18-6-8-21(12)9-7-19-17(22)16-10-13-4-5-14(23-3)11-15(13)20(16)2/h4-6,8,10-11H,7,9H2,1-3H3,(H,19,22). The van der Waals surface area contributed by atoms with Crippen LogP contribution in [0.25, 0.3) is 10.9 Å². The molecule has 1 N–H and O–H groups in total. The van der Waals surface area contributed by atoms with Crippen molar-refractivity contribution in [2.75, 3.05) is 13.7 Å². The Bertz CT molecular complexity index is 848. The maximum Gasteiger partial charge on any atom is 0.267 e. The second-order valence-corrected chi connectivity index (χ2v) is 5.44. The Kier molecular flexibility index (Phi) is 4.06. The van der Waals surface area contributed by atoms with E-state index in [0.29, 0.717) is 18.8 Å². The van der Waals surface area contributed by atoms with Gasteiger partial charge < -0.3 is 19.2 Å². The SMILES string of the molecule is COc1ccc2cc(C(=O)NCCn3ccnc3C)n(C)c2c1. The maximum absolute atomic E-state index is 12.4. The fraction of sp³-hybridized carbons (Fsp3) is 0.294. The summed E-state index contributed by atoms with van der Waals surface area (Å²) in [7, 11) is 3.52. The Morgan fingerprint density at radius 2 is 2.17 bits per heavy atom. The quantitative estimate of drug-likeness (QED) is 0.785. The molecule has 0 fully saturated rings. The van der Waals surface area contributed by atoms with Crippen molar-refractivity contribution in [1.82, 2.24) is 19.4 Å². The van der Waals surface area contributed by atoms with Gasteiger partial charge >= 0.3 is 0 Å². The molecule has 0 aliphatic rings. The third-order valence-electron chi connectivity index (χ3n) is 4.05. The van der Waals surface area contributed by atoms with Crippen LogP contribution in [-0.2, 0) is 13.6 Å². The molecule has 2 heterocycles. The van der Waals surface area contributed by atoms with Gasteiger partial charge in [-0.25, -0.2) is 4.98 Å². The van der Waals surface area contributed by atoms with E-state index in [4.69, 9.17) is 4.74 Å². The van der Waals surface area contributed by atoms with Gasteiger partial charge in [0.25, 0.3) is 5.91 Å². The highest BCUT2D eigenvalue weighted by atomic mass is 16.5. The first kappa shape index (κ1) is 15.1. The smallest absolute Gasteiger partial charge is 0.267 e. The molecule has 0 aliphatic heterocycles. The number of carbonyl (C=O) groups is 1. The largest absolute Gasteiger partial charge is 0.497 e. The maximum atomic E-state index is 12.4. The van der Waals surface area contributed by atoms with Crippen molar-refractivity contribution >= 4 is 16.8 Å². The number of hydrogen-bond donors (Lipinski definition) is 1. The average Bonchev–Trinajstić information content (AvgIpc) is 3.11. The number of ether oxygens (including phenoxy) is 1. The van der Waals surface area contributed by atoms with Crippen LogP contribution in [0, 0.1) is 6.92 Å². The number of rotatable bonds is 5. The van der Waals surface area contributed by atoms with Crippen LogP contribution in [0.15, 0.2) is 36.7 Å². The van der Waals surface area contributed by atoms with Gasteiger partial charge in [-0.2, -0.15) is 0 Å². The fourth-order valence-electron chi connectivity index (χ4n) is 2.68. The minimum Gasteiger partial charge on any atom is -0.497 e. The van der Waals surface area contributed by atoms with E-state index in [9.17, 15) is 4.79 Å². The number of carbonyl (C=O) groups excluding carboxylic acids is 1. The van der Waals surface area contributed by atoms with Crippen LogP contribution in [0.4, 0.5) is 0 Å². The summed E-state index contributed by atoms with van der Waals surface area (Å²) < 4.78 is 9.13. The molecule has 120 valence electrons. The molecule has 0 saturated heterocycles. The van der Waals surface area contributed by atoms with E-state index < -0.39 is 0 Å². The molecule has 1 aromatic carbocycles. The molecule has 1 amide bonds. The summed E-state index contributed by atoms with van der Waals surface area (Å²) in [5, 5.41) is 3.97. The number of methoxy groups -OCH3 is 1. The molecule has 0 radical (unpaired) electrons. The van der Waals surface area contributed by atoms with Crippen LogP contribution in [-0.4, -0.2) is 33.7 Å². The van der Waals surface area contributed by atoms with Gasteiger partial charge in [0.05, 0.1) is 12.6 Å². The Morgan fingerprint density at radius 1 is 1.35 bits per heavy atom. The first-order valence-corrected chi connectivity index (χ1v) is 7.49. The third kappa shape index (κ3) is 2.92. The summed E-state index contributed by atoms with van der Waals surface area (Å²) >= 11 is 0. The topological polar surface area (TPSA) is 61.1 Å². The number of fused-ring (bicyclic) bond motifs is 1. The molecule has 0 aliphatic carbocycles. The van der Waals surface area contributed by atoms with Gasteiger partial charge in [-0.05, 0) is 25.1 Å². The number of nitrogens with one attached hydrogen (secondary N) is 1. The lowest BCUT2D eigenvalue weighted by Crippen LogP contribution is -2.28. The predicted molar refractivity (Wildman–Crippen MR) is 88.8 cm³/mol. The number of nitrogens with zero attached hydrogens (tertiary/aromatic N) is 3. The number of aryl methyl sites for hydroxylation is 2. The van der Waals surface area contributed by atoms with Crippen molar-refractivity contribution < 1.29 is 9.53 Å². The van der Waals surface area contributed by atoms with Crippen LogP contribution in [0.1, 0.15) is 16.3 Å². The number of amides is 1. The predicted octanol–water partition coefficient (Wildman–Crippen LogP) is 2.12. The Labute approximate surface area is 134 Å². The molecule has 0 unspecified atom stereocenters. The van der Waals surface area contributed by atoms with E-state index in [1.807, 2.05) is 53.6 Å². The zero-order valence-electron chi connectivity index (χ0n) is 13.5. The van der Waals surface area contributed by atoms with Gasteiger partial charge in [0.2, 0.25) is 0 Å². The van der Waals surface area contributed by atoms with Crippen molar-refractivity contribution in [3.05, 3.63) is 48.2 Å². The summed E-state index contributed by atoms with van der Waals surface area (Å²) in [6.45, 7) is 3.20. The Morgan fingerprint density at radius 3 is 2.87 bits per heavy atom. The summed E-state index contributed by atoms with van der Waals surface area (Å²) in [5.74, 6) is 1.64. The number of aromatic nitrogens is 3.